The van der Waals surface area contributed by atoms with E-state index in [1.54, 1.807) is 13.0 Å². The minimum atomic E-state index is -2.06. The maximum absolute atomic E-state index is 13.4. The summed E-state index contributed by atoms with van der Waals surface area (Å²) < 4.78 is 17.7. The molecule has 2 fully saturated rings. The summed E-state index contributed by atoms with van der Waals surface area (Å²) in [5.74, 6) is -0.464. The molecule has 6 nitrogen and oxygen atoms in total. The van der Waals surface area contributed by atoms with E-state index in [1.165, 1.54) is 14.2 Å². The minimum Gasteiger partial charge on any atom is -0.469 e. The van der Waals surface area contributed by atoms with Crippen LogP contribution in [-0.2, 0) is 28.3 Å². The molecule has 0 aromatic heterocycles. The monoisotopic (exact) mass is 534 g/mol. The molecule has 0 heterocycles. The number of ether oxygens (including phenoxy) is 2. The van der Waals surface area contributed by atoms with E-state index in [9.17, 15) is 14.4 Å². The lowest BCUT2D eigenvalue weighted by Crippen LogP contribution is -2.62. The van der Waals surface area contributed by atoms with Crippen molar-refractivity contribution in [2.45, 2.75) is 98.4 Å². The van der Waals surface area contributed by atoms with Gasteiger partial charge in [0.1, 0.15) is 5.41 Å². The number of allylic oxidation sites excluding steroid dienone is 2. The van der Waals surface area contributed by atoms with Crippen molar-refractivity contribution in [3.63, 3.8) is 0 Å². The van der Waals surface area contributed by atoms with Crippen LogP contribution < -0.4 is 0 Å². The van der Waals surface area contributed by atoms with Gasteiger partial charge in [0.2, 0.25) is 0 Å². The maximum Gasteiger partial charge on any atom is 0.319 e. The predicted octanol–water partition coefficient (Wildman–Crippen LogP) is 6.20. The molecular formula is C30H50O6Si. The third kappa shape index (κ3) is 4.66. The molecule has 0 N–H and O–H groups in total. The Bertz CT molecular complexity index is 935. The van der Waals surface area contributed by atoms with Crippen LogP contribution in [0.2, 0.25) is 18.1 Å². The first kappa shape index (κ1) is 30.1. The van der Waals surface area contributed by atoms with Crippen LogP contribution in [0.5, 0.6) is 0 Å². The Morgan fingerprint density at radius 1 is 1.08 bits per heavy atom. The van der Waals surface area contributed by atoms with Crippen molar-refractivity contribution in [3.8, 4) is 0 Å². The summed E-state index contributed by atoms with van der Waals surface area (Å²) in [6.07, 6.45) is 6.87. The van der Waals surface area contributed by atoms with E-state index in [1.807, 2.05) is 6.08 Å². The van der Waals surface area contributed by atoms with Gasteiger partial charge in [0, 0.05) is 6.10 Å². The molecule has 0 aromatic carbocycles. The average Bonchev–Trinajstić information content (AvgIpc) is 2.84. The van der Waals surface area contributed by atoms with E-state index in [4.69, 9.17) is 13.9 Å². The standard InChI is InChI=1S/C30H50O6Si/c1-12-23(36-37(10,11)28(3,4)5)20-17-18(2)29(6,26(32)34-8)22-15-14-21-19(25(20)22)13-16-24(31)30(21,7)27(33)35-9/h13,16,18-23,25H,12,14-15,17H2,1-11H3/t18-,19-,20+,21+,22+,23?,25-,29-,30-/m1/s1. The molecule has 3 aliphatic carbocycles. The Morgan fingerprint density at radius 2 is 1.65 bits per heavy atom. The van der Waals surface area contributed by atoms with Crippen LogP contribution in [-0.4, -0.2) is 46.4 Å². The summed E-state index contributed by atoms with van der Waals surface area (Å²) in [6, 6.07) is 0. The van der Waals surface area contributed by atoms with Crippen molar-refractivity contribution in [3.05, 3.63) is 12.2 Å². The number of hydrogen-bond acceptors (Lipinski definition) is 6. The van der Waals surface area contributed by atoms with Gasteiger partial charge in [-0.2, -0.15) is 0 Å². The highest BCUT2D eigenvalue weighted by Gasteiger charge is 2.64. The maximum atomic E-state index is 13.4. The van der Waals surface area contributed by atoms with Gasteiger partial charge in [0.15, 0.2) is 14.1 Å². The fraction of sp³-hybridized carbons (Fsp3) is 0.833. The first-order chi connectivity index (χ1) is 17.0. The largest absolute Gasteiger partial charge is 0.469 e. The van der Waals surface area contributed by atoms with Gasteiger partial charge in [-0.25, -0.2) is 0 Å². The summed E-state index contributed by atoms with van der Waals surface area (Å²) in [7, 11) is 0.782. The van der Waals surface area contributed by atoms with Crippen molar-refractivity contribution in [1.29, 1.82) is 0 Å². The topological polar surface area (TPSA) is 78.9 Å². The molecule has 3 aliphatic rings. The minimum absolute atomic E-state index is 0.0147. The van der Waals surface area contributed by atoms with Crippen LogP contribution in [0.15, 0.2) is 12.2 Å². The Kier molecular flexibility index (Phi) is 8.33. The van der Waals surface area contributed by atoms with Crippen molar-refractivity contribution < 1.29 is 28.3 Å². The van der Waals surface area contributed by atoms with Gasteiger partial charge < -0.3 is 13.9 Å². The van der Waals surface area contributed by atoms with Gasteiger partial charge in [0.05, 0.1) is 19.6 Å². The zero-order chi connectivity index (χ0) is 28.1. The normalized spacial score (nSPS) is 38.8. The average molecular weight is 535 g/mol. The lowest BCUT2D eigenvalue weighted by atomic mass is 9.43. The van der Waals surface area contributed by atoms with Crippen molar-refractivity contribution in [1.82, 2.24) is 0 Å². The van der Waals surface area contributed by atoms with Crippen LogP contribution in [0.1, 0.15) is 74.1 Å². The predicted molar refractivity (Wildman–Crippen MR) is 147 cm³/mol. The molecule has 2 saturated carbocycles. The Hall–Kier alpha value is -1.47. The smallest absolute Gasteiger partial charge is 0.319 e. The Morgan fingerprint density at radius 3 is 2.16 bits per heavy atom. The number of methoxy groups -OCH3 is 2. The van der Waals surface area contributed by atoms with Gasteiger partial charge in [-0.15, -0.1) is 0 Å². The fourth-order valence-electron chi connectivity index (χ4n) is 7.69. The van der Waals surface area contributed by atoms with E-state index < -0.39 is 25.1 Å². The van der Waals surface area contributed by atoms with E-state index in [2.05, 4.69) is 54.6 Å². The van der Waals surface area contributed by atoms with E-state index in [0.717, 1.165) is 19.3 Å². The van der Waals surface area contributed by atoms with Gasteiger partial charge in [-0.05, 0) is 99.2 Å². The molecule has 210 valence electrons. The number of carbonyl (C=O) groups excluding carboxylic acids is 3. The lowest BCUT2D eigenvalue weighted by molar-refractivity contribution is -0.186. The van der Waals surface area contributed by atoms with Gasteiger partial charge in [-0.1, -0.05) is 40.7 Å². The molecule has 0 aromatic rings. The second kappa shape index (κ2) is 10.3. The van der Waals surface area contributed by atoms with Crippen LogP contribution in [0.4, 0.5) is 0 Å². The molecule has 0 aliphatic heterocycles. The van der Waals surface area contributed by atoms with Crippen molar-refractivity contribution >= 4 is 26.0 Å². The molecule has 0 spiro atoms. The molecule has 0 amide bonds. The van der Waals surface area contributed by atoms with Crippen LogP contribution in [0, 0.1) is 46.3 Å². The third-order valence-electron chi connectivity index (χ3n) is 11.2. The van der Waals surface area contributed by atoms with E-state index in [-0.39, 0.29) is 58.4 Å². The molecule has 3 rings (SSSR count). The first-order valence-corrected chi connectivity index (χ1v) is 17.0. The number of hydrogen-bond donors (Lipinski definition) is 0. The second-order valence-electron chi connectivity index (χ2n) is 13.8. The summed E-state index contributed by atoms with van der Waals surface area (Å²) >= 11 is 0. The lowest BCUT2D eigenvalue weighted by Gasteiger charge is -2.60. The summed E-state index contributed by atoms with van der Waals surface area (Å²) in [4.78, 5) is 39.6. The van der Waals surface area contributed by atoms with Gasteiger partial charge in [0.25, 0.3) is 0 Å². The highest BCUT2D eigenvalue weighted by Crippen LogP contribution is 2.63. The number of fused-ring (bicyclic) bond motifs is 3. The van der Waals surface area contributed by atoms with Crippen LogP contribution in [0.25, 0.3) is 0 Å². The summed E-state index contributed by atoms with van der Waals surface area (Å²) in [5.41, 5.74) is -1.84. The number of carbonyl (C=O) groups is 3. The van der Waals surface area contributed by atoms with Gasteiger partial charge >= 0.3 is 11.9 Å². The number of rotatable bonds is 6. The first-order valence-electron chi connectivity index (χ1n) is 14.1. The molecule has 1 unspecified atom stereocenters. The molecule has 0 bridgehead atoms. The van der Waals surface area contributed by atoms with Crippen LogP contribution in [0.3, 0.4) is 0 Å². The summed E-state index contributed by atoms with van der Waals surface area (Å²) in [5, 5.41) is 0.0797. The molecule has 37 heavy (non-hydrogen) atoms. The van der Waals surface area contributed by atoms with E-state index in [0.29, 0.717) is 6.42 Å². The molecule has 7 heteroatoms. The Balaban J connectivity index is 2.15. The molecular weight excluding hydrogens is 484 g/mol. The number of esters is 2. The zero-order valence-electron chi connectivity index (χ0n) is 25.0. The summed E-state index contributed by atoms with van der Waals surface area (Å²) in [6.45, 7) is 19.6. The third-order valence-corrected chi connectivity index (χ3v) is 15.7. The quantitative estimate of drug-likeness (QED) is 0.229. The van der Waals surface area contributed by atoms with Gasteiger partial charge in [-0.3, -0.25) is 14.4 Å². The second-order valence-corrected chi connectivity index (χ2v) is 18.5. The SMILES string of the molecule is CCC(O[Si](C)(C)C(C)(C)C)[C@@H]1C[C@@H](C)[C@@](C)(C(=O)OC)[C@H]2CC[C@H]3[C@@H](C=CC(=O)[C@]3(C)C(=O)OC)[C@H]12. The van der Waals surface area contributed by atoms with Crippen molar-refractivity contribution in [2.75, 3.05) is 14.2 Å². The van der Waals surface area contributed by atoms with E-state index >= 15 is 0 Å². The van der Waals surface area contributed by atoms with Crippen molar-refractivity contribution in [2.24, 2.45) is 46.3 Å². The Labute approximate surface area is 225 Å². The molecule has 0 radical (unpaired) electrons. The molecule has 9 atom stereocenters. The number of ketones is 1. The van der Waals surface area contributed by atoms with Crippen LogP contribution >= 0.6 is 0 Å². The fourth-order valence-corrected chi connectivity index (χ4v) is 9.15. The molecule has 0 saturated heterocycles. The zero-order valence-corrected chi connectivity index (χ0v) is 26.0. The highest BCUT2D eigenvalue weighted by molar-refractivity contribution is 6.74. The highest BCUT2D eigenvalue weighted by atomic mass is 28.4.